The molecule has 4 rings (SSSR count). The van der Waals surface area contributed by atoms with Crippen molar-refractivity contribution < 1.29 is 14.1 Å². The van der Waals surface area contributed by atoms with Gasteiger partial charge in [-0.3, -0.25) is 9.69 Å². The maximum Gasteiger partial charge on any atom is 0.251 e. The van der Waals surface area contributed by atoms with Crippen molar-refractivity contribution in [1.29, 1.82) is 0 Å². The number of aryl methyl sites for hydroxylation is 2. The number of amides is 1. The highest BCUT2D eigenvalue weighted by molar-refractivity contribution is 7.10. The molecule has 1 saturated heterocycles. The zero-order valence-corrected chi connectivity index (χ0v) is 18.2. The quantitative estimate of drug-likeness (QED) is 0.576. The van der Waals surface area contributed by atoms with E-state index in [0.717, 1.165) is 30.1 Å². The topological polar surface area (TPSA) is 67.6 Å². The summed E-state index contributed by atoms with van der Waals surface area (Å²) in [6, 6.07) is 11.7. The summed E-state index contributed by atoms with van der Waals surface area (Å²) in [5.74, 6) is 1.41. The van der Waals surface area contributed by atoms with Gasteiger partial charge in [-0.2, -0.15) is 0 Å². The van der Waals surface area contributed by atoms with Gasteiger partial charge < -0.3 is 14.6 Å². The highest BCUT2D eigenvalue weighted by Gasteiger charge is 2.24. The Labute approximate surface area is 180 Å². The number of thiophene rings is 1. The van der Waals surface area contributed by atoms with Crippen molar-refractivity contribution in [2.24, 2.45) is 0 Å². The molecule has 30 heavy (non-hydrogen) atoms. The molecule has 1 amide bonds. The van der Waals surface area contributed by atoms with E-state index >= 15 is 0 Å². The van der Waals surface area contributed by atoms with E-state index in [1.165, 1.54) is 17.7 Å². The lowest BCUT2D eigenvalue weighted by Gasteiger charge is -2.27. The monoisotopic (exact) mass is 425 g/mol. The lowest BCUT2D eigenvalue weighted by molar-refractivity contribution is 0.0938. The minimum Gasteiger partial charge on any atom is -0.489 e. The number of carbonyl (C=O) groups is 1. The molecule has 3 heterocycles. The lowest BCUT2D eigenvalue weighted by Crippen LogP contribution is -2.36. The first-order valence-electron chi connectivity index (χ1n) is 10.3. The van der Waals surface area contributed by atoms with Gasteiger partial charge in [0.15, 0.2) is 0 Å². The first-order valence-corrected chi connectivity index (χ1v) is 11.2. The second-order valence-corrected chi connectivity index (χ2v) is 8.58. The number of benzene rings is 1. The minimum absolute atomic E-state index is 0.0620. The Morgan fingerprint density at radius 3 is 2.63 bits per heavy atom. The number of nitrogens with zero attached hydrogens (tertiary/aromatic N) is 2. The maximum atomic E-state index is 12.7. The first kappa shape index (κ1) is 20.6. The highest BCUT2D eigenvalue weighted by atomic mass is 32.1. The molecule has 1 fully saturated rings. The van der Waals surface area contributed by atoms with Gasteiger partial charge in [-0.05, 0) is 75.5 Å². The van der Waals surface area contributed by atoms with E-state index in [1.54, 1.807) is 23.5 Å². The Morgan fingerprint density at radius 1 is 1.23 bits per heavy atom. The number of hydrogen-bond acceptors (Lipinski definition) is 6. The van der Waals surface area contributed by atoms with E-state index in [1.807, 2.05) is 26.0 Å². The molecule has 1 aliphatic heterocycles. The Bertz CT molecular complexity index is 941. The van der Waals surface area contributed by atoms with Gasteiger partial charge in [-0.15, -0.1) is 11.3 Å². The second kappa shape index (κ2) is 9.45. The summed E-state index contributed by atoms with van der Waals surface area (Å²) >= 11 is 1.75. The van der Waals surface area contributed by atoms with Crippen molar-refractivity contribution in [3.63, 3.8) is 0 Å². The molecule has 0 aliphatic carbocycles. The summed E-state index contributed by atoms with van der Waals surface area (Å²) in [6.45, 7) is 6.96. The highest BCUT2D eigenvalue weighted by Crippen LogP contribution is 2.28. The molecule has 0 saturated carbocycles. The van der Waals surface area contributed by atoms with Gasteiger partial charge in [-0.1, -0.05) is 11.2 Å². The van der Waals surface area contributed by atoms with Crippen LogP contribution in [0.3, 0.4) is 0 Å². The van der Waals surface area contributed by atoms with Crippen molar-refractivity contribution in [1.82, 2.24) is 15.4 Å². The molecule has 1 aromatic carbocycles. The number of nitrogens with one attached hydrogen (secondary N) is 1. The van der Waals surface area contributed by atoms with E-state index in [9.17, 15) is 4.79 Å². The normalized spacial score (nSPS) is 15.3. The Balaban J connectivity index is 1.34. The minimum atomic E-state index is -0.0620. The molecule has 7 heteroatoms. The number of ether oxygens (including phenoxy) is 1. The van der Waals surface area contributed by atoms with Crippen molar-refractivity contribution >= 4 is 17.2 Å². The molecule has 0 radical (unpaired) electrons. The average Bonchev–Trinajstić information content (AvgIpc) is 3.52. The molecule has 0 bridgehead atoms. The van der Waals surface area contributed by atoms with E-state index < -0.39 is 0 Å². The summed E-state index contributed by atoms with van der Waals surface area (Å²) in [7, 11) is 0. The summed E-state index contributed by atoms with van der Waals surface area (Å²) in [5.41, 5.74) is 2.42. The molecule has 6 nitrogen and oxygen atoms in total. The standard InChI is InChI=1S/C23H27N3O3S/c1-16-20(17(2)29-25-16)15-28-19-9-7-18(8-10-19)23(27)24-14-21(22-6-5-13-30-22)26-11-3-4-12-26/h5-10,13,21H,3-4,11-12,14-15H2,1-2H3,(H,24,27)/t21-/m0/s1. The van der Waals surface area contributed by atoms with Crippen LogP contribution in [0.25, 0.3) is 0 Å². The Hall–Kier alpha value is -2.64. The van der Waals surface area contributed by atoms with Crippen LogP contribution in [0, 0.1) is 13.8 Å². The summed E-state index contributed by atoms with van der Waals surface area (Å²) in [4.78, 5) is 16.5. The molecule has 0 spiro atoms. The molecule has 2 aromatic heterocycles. The predicted octanol–water partition coefficient (Wildman–Crippen LogP) is 4.50. The summed E-state index contributed by atoms with van der Waals surface area (Å²) in [6.07, 6.45) is 2.45. The molecule has 1 atom stereocenters. The smallest absolute Gasteiger partial charge is 0.251 e. The zero-order valence-electron chi connectivity index (χ0n) is 17.4. The van der Waals surface area contributed by atoms with Gasteiger partial charge in [0.1, 0.15) is 18.1 Å². The SMILES string of the molecule is Cc1noc(C)c1COc1ccc(C(=O)NC[C@@H](c2cccs2)N2CCCC2)cc1. The third-order valence-corrected chi connectivity index (χ3v) is 6.56. The Morgan fingerprint density at radius 2 is 2.00 bits per heavy atom. The molecular formula is C23H27N3O3S. The van der Waals surface area contributed by atoms with Crippen LogP contribution in [0.4, 0.5) is 0 Å². The predicted molar refractivity (Wildman–Crippen MR) is 117 cm³/mol. The summed E-state index contributed by atoms with van der Waals surface area (Å²) < 4.78 is 11.0. The van der Waals surface area contributed by atoms with Crippen molar-refractivity contribution in [2.45, 2.75) is 39.3 Å². The fraction of sp³-hybridized carbons (Fsp3) is 0.391. The van der Waals surface area contributed by atoms with E-state index in [2.05, 4.69) is 32.9 Å². The fourth-order valence-electron chi connectivity index (χ4n) is 3.80. The van der Waals surface area contributed by atoms with Gasteiger partial charge >= 0.3 is 0 Å². The third kappa shape index (κ3) is 4.74. The number of hydrogen-bond donors (Lipinski definition) is 1. The van der Waals surface area contributed by atoms with Gasteiger partial charge in [0.2, 0.25) is 0 Å². The lowest BCUT2D eigenvalue weighted by atomic mass is 10.1. The fourth-order valence-corrected chi connectivity index (χ4v) is 4.66. The van der Waals surface area contributed by atoms with Crippen LogP contribution in [-0.2, 0) is 6.61 Å². The summed E-state index contributed by atoms with van der Waals surface area (Å²) in [5, 5.41) is 9.15. The number of rotatable bonds is 8. The average molecular weight is 426 g/mol. The van der Waals surface area contributed by atoms with Crippen LogP contribution in [0.5, 0.6) is 5.75 Å². The number of carbonyl (C=O) groups excluding carboxylic acids is 1. The van der Waals surface area contributed by atoms with Crippen molar-refractivity contribution in [3.8, 4) is 5.75 Å². The van der Waals surface area contributed by atoms with E-state index in [-0.39, 0.29) is 11.9 Å². The van der Waals surface area contributed by atoms with Gasteiger partial charge in [0.05, 0.1) is 17.3 Å². The van der Waals surface area contributed by atoms with Crippen LogP contribution in [0.1, 0.15) is 51.1 Å². The molecule has 3 aromatic rings. The molecule has 158 valence electrons. The van der Waals surface area contributed by atoms with E-state index in [0.29, 0.717) is 24.5 Å². The van der Waals surface area contributed by atoms with Gasteiger partial charge in [-0.25, -0.2) is 0 Å². The van der Waals surface area contributed by atoms with Gasteiger partial charge in [0.25, 0.3) is 5.91 Å². The molecule has 0 unspecified atom stereocenters. The third-order valence-electron chi connectivity index (χ3n) is 5.59. The van der Waals surface area contributed by atoms with Crippen LogP contribution in [0.2, 0.25) is 0 Å². The van der Waals surface area contributed by atoms with Gasteiger partial charge in [0, 0.05) is 17.0 Å². The van der Waals surface area contributed by atoms with E-state index in [4.69, 9.17) is 9.26 Å². The zero-order chi connectivity index (χ0) is 20.9. The number of likely N-dealkylation sites (tertiary alicyclic amines) is 1. The van der Waals surface area contributed by atoms with Crippen molar-refractivity contribution in [3.05, 3.63) is 69.2 Å². The second-order valence-electron chi connectivity index (χ2n) is 7.60. The first-order chi connectivity index (χ1) is 14.6. The van der Waals surface area contributed by atoms with Crippen LogP contribution in [0.15, 0.2) is 46.3 Å². The maximum absolute atomic E-state index is 12.7. The van der Waals surface area contributed by atoms with Crippen LogP contribution in [-0.4, -0.2) is 35.6 Å². The number of aromatic nitrogens is 1. The molecule has 1 aliphatic rings. The van der Waals surface area contributed by atoms with Crippen molar-refractivity contribution in [2.75, 3.05) is 19.6 Å². The van der Waals surface area contributed by atoms with Crippen LogP contribution >= 0.6 is 11.3 Å². The molecule has 1 N–H and O–H groups in total. The Kier molecular flexibility index (Phi) is 6.50. The largest absolute Gasteiger partial charge is 0.489 e. The van der Waals surface area contributed by atoms with Crippen LogP contribution < -0.4 is 10.1 Å². The molecular weight excluding hydrogens is 398 g/mol.